The zero-order valence-electron chi connectivity index (χ0n) is 19.9. The lowest BCUT2D eigenvalue weighted by atomic mass is 9.83. The van der Waals surface area contributed by atoms with Gasteiger partial charge in [0.2, 0.25) is 5.91 Å². The third-order valence-corrected chi connectivity index (χ3v) is 7.57. The maximum atomic E-state index is 11.2. The minimum Gasteiger partial charge on any atom is -0.389 e. The van der Waals surface area contributed by atoms with E-state index >= 15 is 0 Å². The van der Waals surface area contributed by atoms with Gasteiger partial charge in [-0.2, -0.15) is 0 Å². The molecule has 1 amide bonds. The fourth-order valence-corrected chi connectivity index (χ4v) is 5.43. The summed E-state index contributed by atoms with van der Waals surface area (Å²) < 4.78 is 1.91. The van der Waals surface area contributed by atoms with Gasteiger partial charge in [0.15, 0.2) is 0 Å². The number of hydrogen-bond donors (Lipinski definition) is 3. The van der Waals surface area contributed by atoms with Crippen LogP contribution >= 0.6 is 0 Å². The Bertz CT molecular complexity index is 957. The number of amides is 1. The maximum absolute atomic E-state index is 11.2. The van der Waals surface area contributed by atoms with Gasteiger partial charge in [-0.05, 0) is 44.1 Å². The van der Waals surface area contributed by atoms with Crippen molar-refractivity contribution in [3.05, 3.63) is 18.6 Å². The predicted molar refractivity (Wildman–Crippen MR) is 128 cm³/mol. The lowest BCUT2D eigenvalue weighted by Crippen LogP contribution is -2.58. The van der Waals surface area contributed by atoms with Gasteiger partial charge >= 0.3 is 0 Å². The quantitative estimate of drug-likeness (QED) is 0.546. The first-order valence-corrected chi connectivity index (χ1v) is 12.2. The molecular weight excluding hydrogens is 420 g/mol. The number of nitrogens with zero attached hydrogens (tertiary/aromatic N) is 5. The van der Waals surface area contributed by atoms with Crippen LogP contribution in [0.1, 0.15) is 46.0 Å². The van der Waals surface area contributed by atoms with Crippen molar-refractivity contribution in [1.82, 2.24) is 19.4 Å². The van der Waals surface area contributed by atoms with Crippen molar-refractivity contribution < 1.29 is 15.0 Å². The Morgan fingerprint density at radius 1 is 1.30 bits per heavy atom. The van der Waals surface area contributed by atoms with Crippen molar-refractivity contribution in [2.75, 3.05) is 37.6 Å². The van der Waals surface area contributed by atoms with Crippen LogP contribution in [-0.2, 0) is 11.3 Å². The van der Waals surface area contributed by atoms with E-state index in [0.717, 1.165) is 35.9 Å². The van der Waals surface area contributed by atoms with E-state index in [4.69, 9.17) is 5.73 Å². The van der Waals surface area contributed by atoms with Crippen LogP contribution < -0.4 is 10.6 Å². The average Bonchev–Trinajstić information content (AvgIpc) is 3.18. The van der Waals surface area contributed by atoms with E-state index in [1.807, 2.05) is 16.8 Å². The van der Waals surface area contributed by atoms with Crippen LogP contribution in [0.15, 0.2) is 18.6 Å². The average molecular weight is 459 g/mol. The number of primary amides is 1. The topological polar surface area (TPSA) is 121 Å². The molecule has 2 atom stereocenters. The number of hydrogen-bond acceptors (Lipinski definition) is 7. The number of nitrogens with two attached hydrogens (primary N) is 1. The molecule has 182 valence electrons. The monoisotopic (exact) mass is 458 g/mol. The van der Waals surface area contributed by atoms with Crippen molar-refractivity contribution in [3.63, 3.8) is 0 Å². The molecule has 0 aromatic carbocycles. The van der Waals surface area contributed by atoms with Crippen molar-refractivity contribution in [2.24, 2.45) is 17.6 Å². The summed E-state index contributed by atoms with van der Waals surface area (Å²) in [4.78, 5) is 24.5. The fourth-order valence-electron chi connectivity index (χ4n) is 5.43. The molecule has 4 rings (SSSR count). The van der Waals surface area contributed by atoms with Crippen LogP contribution in [0, 0.1) is 11.8 Å². The summed E-state index contributed by atoms with van der Waals surface area (Å²) in [7, 11) is 0. The Morgan fingerprint density at radius 2 is 2.06 bits per heavy atom. The van der Waals surface area contributed by atoms with Crippen LogP contribution in [0.2, 0.25) is 0 Å². The lowest BCUT2D eigenvalue weighted by molar-refractivity contribution is -0.135. The van der Waals surface area contributed by atoms with Gasteiger partial charge in [-0.1, -0.05) is 19.8 Å². The summed E-state index contributed by atoms with van der Waals surface area (Å²) in [6.45, 7) is 7.41. The highest BCUT2D eigenvalue weighted by atomic mass is 16.3. The number of aromatic nitrogens is 3. The first kappa shape index (κ1) is 23.9. The van der Waals surface area contributed by atoms with Crippen molar-refractivity contribution in [3.8, 4) is 0 Å². The summed E-state index contributed by atoms with van der Waals surface area (Å²) in [5.41, 5.74) is 4.74. The molecule has 2 fully saturated rings. The Kier molecular flexibility index (Phi) is 7.21. The molecule has 2 aromatic heterocycles. The molecule has 4 N–H and O–H groups in total. The molecule has 2 aromatic rings. The molecule has 1 aliphatic carbocycles. The van der Waals surface area contributed by atoms with Crippen LogP contribution in [0.3, 0.4) is 0 Å². The molecule has 9 nitrogen and oxygen atoms in total. The second-order valence-corrected chi connectivity index (χ2v) is 10.1. The second kappa shape index (κ2) is 9.95. The van der Waals surface area contributed by atoms with Crippen molar-refractivity contribution in [2.45, 2.75) is 64.2 Å². The standard InChI is InChI=1S/C24H38N6O3/c1-3-29(12-18-6-4-17(2)5-7-18)22-19-8-10-30(23(19)27-16-26-22)15-24(33)9-11-28(13-20(24)31)14-21(25)32/h8,10,16-18,20,31,33H,3-7,9,11-15H2,1-2H3,(H2,25,32)/t17-,18-,20-,24-/m1/s1. The Balaban J connectivity index is 1.50. The zero-order chi connectivity index (χ0) is 23.6. The normalized spacial score (nSPS) is 28.8. The summed E-state index contributed by atoms with van der Waals surface area (Å²) in [6, 6.07) is 2.01. The molecule has 0 spiro atoms. The molecule has 0 unspecified atom stereocenters. The number of likely N-dealkylation sites (tertiary alicyclic amines) is 1. The van der Waals surface area contributed by atoms with E-state index in [9.17, 15) is 15.0 Å². The molecule has 1 saturated heterocycles. The van der Waals surface area contributed by atoms with Gasteiger partial charge < -0.3 is 25.4 Å². The number of fused-ring (bicyclic) bond motifs is 1. The molecule has 0 bridgehead atoms. The highest BCUT2D eigenvalue weighted by molar-refractivity contribution is 5.87. The van der Waals surface area contributed by atoms with E-state index < -0.39 is 17.6 Å². The predicted octanol–water partition coefficient (Wildman–Crippen LogP) is 1.37. The van der Waals surface area contributed by atoms with E-state index in [1.165, 1.54) is 25.7 Å². The molecule has 1 saturated carbocycles. The van der Waals surface area contributed by atoms with Gasteiger partial charge in [0.05, 0.1) is 24.6 Å². The van der Waals surface area contributed by atoms with Crippen molar-refractivity contribution in [1.29, 1.82) is 0 Å². The molecule has 2 aliphatic rings. The van der Waals surface area contributed by atoms with Gasteiger partial charge in [0.1, 0.15) is 23.4 Å². The van der Waals surface area contributed by atoms with Crippen LogP contribution in [0.5, 0.6) is 0 Å². The van der Waals surface area contributed by atoms with Gasteiger partial charge in [0, 0.05) is 32.4 Å². The number of β-amino-alcohol motifs (C(OH)–C–C–N with tert-alkyl or cyclic N) is 1. The summed E-state index contributed by atoms with van der Waals surface area (Å²) >= 11 is 0. The number of carbonyl (C=O) groups excluding carboxylic acids is 1. The highest BCUT2D eigenvalue weighted by Crippen LogP contribution is 2.32. The van der Waals surface area contributed by atoms with Gasteiger partial charge in [-0.3, -0.25) is 9.69 Å². The first-order chi connectivity index (χ1) is 15.8. The Labute approximate surface area is 195 Å². The number of aliphatic hydroxyl groups excluding tert-OH is 1. The molecule has 0 radical (unpaired) electrons. The zero-order valence-corrected chi connectivity index (χ0v) is 19.9. The van der Waals surface area contributed by atoms with E-state index in [-0.39, 0.29) is 19.6 Å². The van der Waals surface area contributed by atoms with Crippen molar-refractivity contribution >= 4 is 22.8 Å². The minimum atomic E-state index is -1.30. The lowest BCUT2D eigenvalue weighted by Gasteiger charge is -2.42. The third kappa shape index (κ3) is 5.31. The fraction of sp³-hybridized carbons (Fsp3) is 0.708. The van der Waals surface area contributed by atoms with Crippen LogP contribution in [0.4, 0.5) is 5.82 Å². The Morgan fingerprint density at radius 3 is 2.73 bits per heavy atom. The molecule has 33 heavy (non-hydrogen) atoms. The summed E-state index contributed by atoms with van der Waals surface area (Å²) in [6.07, 6.45) is 8.01. The van der Waals surface area contributed by atoms with Gasteiger partial charge in [-0.15, -0.1) is 0 Å². The number of aliphatic hydroxyl groups is 2. The molecule has 3 heterocycles. The number of piperidine rings is 1. The summed E-state index contributed by atoms with van der Waals surface area (Å²) in [5, 5.41) is 22.8. The smallest absolute Gasteiger partial charge is 0.231 e. The second-order valence-electron chi connectivity index (χ2n) is 10.1. The largest absolute Gasteiger partial charge is 0.389 e. The minimum absolute atomic E-state index is 0.0862. The van der Waals surface area contributed by atoms with Crippen LogP contribution in [-0.4, -0.2) is 80.0 Å². The maximum Gasteiger partial charge on any atom is 0.231 e. The van der Waals surface area contributed by atoms with E-state index in [0.29, 0.717) is 18.9 Å². The van der Waals surface area contributed by atoms with E-state index in [2.05, 4.69) is 28.7 Å². The molecule has 1 aliphatic heterocycles. The summed E-state index contributed by atoms with van der Waals surface area (Å²) in [5.74, 6) is 2.02. The van der Waals surface area contributed by atoms with E-state index in [1.54, 1.807) is 11.2 Å². The number of rotatable bonds is 8. The molecule has 9 heteroatoms. The highest BCUT2D eigenvalue weighted by Gasteiger charge is 2.41. The number of anilines is 1. The molecular formula is C24H38N6O3. The van der Waals surface area contributed by atoms with Crippen LogP contribution in [0.25, 0.3) is 11.0 Å². The van der Waals surface area contributed by atoms with Gasteiger partial charge in [-0.25, -0.2) is 9.97 Å². The SMILES string of the molecule is CCN(C[C@H]1CC[C@H](C)CC1)c1ncnc2c1ccn2C[C@]1(O)CCN(CC(N)=O)C[C@H]1O. The third-order valence-electron chi connectivity index (χ3n) is 7.57. The first-order valence-electron chi connectivity index (χ1n) is 12.2. The Hall–Kier alpha value is -2.23. The number of carbonyl (C=O) groups is 1. The van der Waals surface area contributed by atoms with Gasteiger partial charge in [0.25, 0.3) is 0 Å².